The van der Waals surface area contributed by atoms with Gasteiger partial charge in [-0.25, -0.2) is 4.79 Å². The number of hydrogen-bond donors (Lipinski definition) is 2. The number of phenolic OH excluding ortho intramolecular Hbond substituents is 1. The van der Waals surface area contributed by atoms with Crippen LogP contribution in [0.5, 0.6) is 5.75 Å². The van der Waals surface area contributed by atoms with Gasteiger partial charge >= 0.3 is 6.09 Å². The molecule has 2 aliphatic rings. The molecule has 0 heterocycles. The predicted octanol–water partition coefficient (Wildman–Crippen LogP) is 4.33. The van der Waals surface area contributed by atoms with E-state index in [-0.39, 0.29) is 11.7 Å². The summed E-state index contributed by atoms with van der Waals surface area (Å²) < 4.78 is 5.09. The van der Waals surface area contributed by atoms with Gasteiger partial charge in [-0.2, -0.15) is 0 Å². The van der Waals surface area contributed by atoms with Gasteiger partial charge in [0, 0.05) is 6.04 Å². The molecule has 0 bridgehead atoms. The molecule has 1 aromatic carbocycles. The quantitative estimate of drug-likeness (QED) is 0.855. The predicted molar refractivity (Wildman–Crippen MR) is 87.1 cm³/mol. The molecule has 0 aromatic heterocycles. The molecule has 0 aliphatic heterocycles. The van der Waals surface area contributed by atoms with Crippen molar-refractivity contribution >= 4 is 6.09 Å². The van der Waals surface area contributed by atoms with Crippen molar-refractivity contribution in [2.24, 2.45) is 0 Å². The van der Waals surface area contributed by atoms with Crippen molar-refractivity contribution in [3.8, 4) is 5.75 Å². The molecule has 2 fully saturated rings. The minimum absolute atomic E-state index is 0.285. The number of carbonyl (C=O) groups is 1. The van der Waals surface area contributed by atoms with Crippen molar-refractivity contribution in [1.29, 1.82) is 0 Å². The van der Waals surface area contributed by atoms with Gasteiger partial charge in [0.2, 0.25) is 0 Å². The zero-order chi connectivity index (χ0) is 16.2. The third-order valence-electron chi connectivity index (χ3n) is 3.74. The summed E-state index contributed by atoms with van der Waals surface area (Å²) in [7, 11) is 0. The molecule has 0 atom stereocenters. The second kappa shape index (κ2) is 7.03. The number of benzene rings is 1. The van der Waals surface area contributed by atoms with Gasteiger partial charge in [0.15, 0.2) is 0 Å². The normalized spacial score (nSPS) is 17.8. The van der Waals surface area contributed by atoms with Crippen molar-refractivity contribution < 1.29 is 14.6 Å². The van der Waals surface area contributed by atoms with Crippen molar-refractivity contribution in [2.75, 3.05) is 0 Å². The number of amides is 1. The Morgan fingerprint density at radius 2 is 1.91 bits per heavy atom. The molecule has 0 unspecified atom stereocenters. The van der Waals surface area contributed by atoms with Crippen molar-refractivity contribution in [3.05, 3.63) is 29.8 Å². The van der Waals surface area contributed by atoms with Crippen molar-refractivity contribution in [3.63, 3.8) is 0 Å². The van der Waals surface area contributed by atoms with E-state index in [4.69, 9.17) is 9.84 Å². The molecule has 0 radical (unpaired) electrons. The van der Waals surface area contributed by atoms with Crippen LogP contribution >= 0.6 is 0 Å². The zero-order valence-electron chi connectivity index (χ0n) is 13.8. The molecular weight excluding hydrogens is 278 g/mol. The van der Waals surface area contributed by atoms with Gasteiger partial charge in [-0.1, -0.05) is 12.1 Å². The Morgan fingerprint density at radius 1 is 1.23 bits per heavy atom. The summed E-state index contributed by atoms with van der Waals surface area (Å²) in [5.74, 6) is 1.14. The topological polar surface area (TPSA) is 58.6 Å². The minimum atomic E-state index is -0.381. The Kier molecular flexibility index (Phi) is 5.33. The molecule has 3 rings (SSSR count). The van der Waals surface area contributed by atoms with Crippen LogP contribution in [-0.4, -0.2) is 22.8 Å². The molecule has 4 heteroatoms. The summed E-state index contributed by atoms with van der Waals surface area (Å²) in [6.45, 7) is 5.61. The summed E-state index contributed by atoms with van der Waals surface area (Å²) in [5.41, 5.74) is 0.911. The molecule has 1 amide bonds. The Hall–Kier alpha value is -1.71. The van der Waals surface area contributed by atoms with E-state index in [1.54, 1.807) is 6.07 Å². The Bertz CT molecular complexity index is 499. The van der Waals surface area contributed by atoms with Crippen LogP contribution in [0.15, 0.2) is 24.3 Å². The fourth-order valence-corrected chi connectivity index (χ4v) is 2.22. The van der Waals surface area contributed by atoms with Gasteiger partial charge < -0.3 is 15.2 Å². The van der Waals surface area contributed by atoms with Gasteiger partial charge in [0.1, 0.15) is 11.4 Å². The maximum atomic E-state index is 11.1. The molecule has 1 aromatic rings. The number of phenols is 1. The Morgan fingerprint density at radius 3 is 2.36 bits per heavy atom. The first-order valence-electron chi connectivity index (χ1n) is 8.12. The van der Waals surface area contributed by atoms with Crippen LogP contribution in [-0.2, 0) is 4.74 Å². The van der Waals surface area contributed by atoms with Gasteiger partial charge in [0.05, 0.1) is 0 Å². The third-order valence-corrected chi connectivity index (χ3v) is 3.74. The third kappa shape index (κ3) is 5.96. The van der Waals surface area contributed by atoms with Crippen LogP contribution in [0.25, 0.3) is 0 Å². The molecule has 0 saturated heterocycles. The molecule has 2 aliphatic carbocycles. The molecular formula is C18H27NO3. The van der Waals surface area contributed by atoms with E-state index < -0.39 is 0 Å². The summed E-state index contributed by atoms with van der Waals surface area (Å²) in [4.78, 5) is 11.1. The standard InChI is InChI=1S/C9H17NO2.C9H10O/c1-9(2,3)12-8(11)10-7-5-4-6-7;10-9-3-1-2-8(6-9)7-4-5-7/h7H,4-6H2,1-3H3,(H,10,11);1-3,6-7,10H,4-5H2. The smallest absolute Gasteiger partial charge is 0.407 e. The number of alkyl carbamates (subject to hydrolysis) is 1. The number of nitrogens with one attached hydrogen (secondary N) is 1. The van der Waals surface area contributed by atoms with E-state index >= 15 is 0 Å². The maximum absolute atomic E-state index is 11.1. The number of rotatable bonds is 2. The second-order valence-electron chi connectivity index (χ2n) is 7.14. The highest BCUT2D eigenvalue weighted by Gasteiger charge is 2.23. The van der Waals surface area contributed by atoms with Gasteiger partial charge in [-0.3, -0.25) is 0 Å². The summed E-state index contributed by atoms with van der Waals surface area (Å²) in [6, 6.07) is 7.92. The van der Waals surface area contributed by atoms with Crippen molar-refractivity contribution in [2.45, 2.75) is 70.4 Å². The lowest BCUT2D eigenvalue weighted by atomic mass is 9.93. The Balaban J connectivity index is 0.000000162. The van der Waals surface area contributed by atoms with E-state index in [9.17, 15) is 4.79 Å². The lowest BCUT2D eigenvalue weighted by molar-refractivity contribution is 0.0480. The first-order chi connectivity index (χ1) is 10.3. The van der Waals surface area contributed by atoms with E-state index in [2.05, 4.69) is 11.4 Å². The number of hydrogen-bond acceptors (Lipinski definition) is 3. The molecule has 122 valence electrons. The average Bonchev–Trinajstić information content (AvgIpc) is 3.17. The fraction of sp³-hybridized carbons (Fsp3) is 0.611. The molecule has 4 nitrogen and oxygen atoms in total. The van der Waals surface area contributed by atoms with E-state index in [1.807, 2.05) is 32.9 Å². The Labute approximate surface area is 132 Å². The van der Waals surface area contributed by atoms with Crippen LogP contribution < -0.4 is 5.32 Å². The van der Waals surface area contributed by atoms with Gasteiger partial charge in [-0.05, 0) is 76.5 Å². The van der Waals surface area contributed by atoms with Gasteiger partial charge in [-0.15, -0.1) is 0 Å². The largest absolute Gasteiger partial charge is 0.508 e. The monoisotopic (exact) mass is 305 g/mol. The minimum Gasteiger partial charge on any atom is -0.508 e. The fourth-order valence-electron chi connectivity index (χ4n) is 2.22. The van der Waals surface area contributed by atoms with E-state index in [0.29, 0.717) is 11.8 Å². The van der Waals surface area contributed by atoms with Crippen LogP contribution in [0.1, 0.15) is 64.4 Å². The van der Waals surface area contributed by atoms with E-state index in [1.165, 1.54) is 24.8 Å². The molecule has 2 N–H and O–H groups in total. The molecule has 22 heavy (non-hydrogen) atoms. The highest BCUT2D eigenvalue weighted by atomic mass is 16.6. The number of carbonyl (C=O) groups excluding carboxylic acids is 1. The summed E-state index contributed by atoms with van der Waals surface area (Å²) in [6.07, 6.45) is 5.72. The first-order valence-corrected chi connectivity index (χ1v) is 8.12. The highest BCUT2D eigenvalue weighted by Crippen LogP contribution is 2.40. The van der Waals surface area contributed by atoms with Crippen LogP contribution in [0.4, 0.5) is 4.79 Å². The second-order valence-corrected chi connectivity index (χ2v) is 7.14. The maximum Gasteiger partial charge on any atom is 0.407 e. The van der Waals surface area contributed by atoms with Crippen LogP contribution in [0, 0.1) is 0 Å². The van der Waals surface area contributed by atoms with Crippen LogP contribution in [0.2, 0.25) is 0 Å². The van der Waals surface area contributed by atoms with Crippen molar-refractivity contribution in [1.82, 2.24) is 5.32 Å². The zero-order valence-corrected chi connectivity index (χ0v) is 13.8. The van der Waals surface area contributed by atoms with E-state index in [0.717, 1.165) is 18.8 Å². The van der Waals surface area contributed by atoms with Gasteiger partial charge in [0.25, 0.3) is 0 Å². The lowest BCUT2D eigenvalue weighted by Gasteiger charge is -2.28. The highest BCUT2D eigenvalue weighted by molar-refractivity contribution is 5.68. The summed E-state index contributed by atoms with van der Waals surface area (Å²) >= 11 is 0. The first kappa shape index (κ1) is 16.7. The number of ether oxygens (including phenoxy) is 1. The summed E-state index contributed by atoms with van der Waals surface area (Å²) in [5, 5.41) is 11.9. The number of aromatic hydroxyl groups is 1. The lowest BCUT2D eigenvalue weighted by Crippen LogP contribution is -2.42. The molecule has 2 saturated carbocycles. The average molecular weight is 305 g/mol. The SMILES string of the molecule is CC(C)(C)OC(=O)NC1CCC1.Oc1cccc(C2CC2)c1. The molecule has 0 spiro atoms. The van der Waals surface area contributed by atoms with Crippen LogP contribution in [0.3, 0.4) is 0 Å².